The number of imidazole rings is 1. The number of methoxy groups -OCH3 is 1. The lowest BCUT2D eigenvalue weighted by Crippen LogP contribution is -2.25. The fourth-order valence-electron chi connectivity index (χ4n) is 3.55. The minimum Gasteiger partial charge on any atom is -0.497 e. The van der Waals surface area contributed by atoms with Crippen LogP contribution in [0.4, 0.5) is 0 Å². The van der Waals surface area contributed by atoms with E-state index in [1.807, 2.05) is 60.0 Å². The summed E-state index contributed by atoms with van der Waals surface area (Å²) in [5.41, 5.74) is 3.68. The molecule has 1 unspecified atom stereocenters. The van der Waals surface area contributed by atoms with Crippen molar-refractivity contribution in [2.45, 2.75) is 26.3 Å². The zero-order chi connectivity index (χ0) is 19.7. The molecule has 0 saturated carbocycles. The van der Waals surface area contributed by atoms with Crippen LogP contribution in [-0.2, 0) is 6.54 Å². The van der Waals surface area contributed by atoms with Crippen molar-refractivity contribution in [1.82, 2.24) is 14.0 Å². The van der Waals surface area contributed by atoms with Gasteiger partial charge in [-0.2, -0.15) is 0 Å². The van der Waals surface area contributed by atoms with Gasteiger partial charge in [0.05, 0.1) is 19.9 Å². The Morgan fingerprint density at radius 2 is 1.79 bits per heavy atom. The third kappa shape index (κ3) is 3.20. The minimum atomic E-state index is -0.0326. The summed E-state index contributed by atoms with van der Waals surface area (Å²) in [6.45, 7) is 4.59. The molecule has 2 aromatic carbocycles. The molecule has 0 radical (unpaired) electrons. The van der Waals surface area contributed by atoms with E-state index >= 15 is 0 Å². The van der Waals surface area contributed by atoms with Crippen LogP contribution >= 0.6 is 0 Å². The SMILES string of the molecule is COc1ccc(Cn2c(C)cn3c(C(C)c4ccccc4)ncc3c2=O)cc1. The van der Waals surface area contributed by atoms with Crippen molar-refractivity contribution in [3.8, 4) is 5.75 Å². The van der Waals surface area contributed by atoms with Gasteiger partial charge in [0.25, 0.3) is 5.56 Å². The maximum Gasteiger partial charge on any atom is 0.276 e. The Labute approximate surface area is 163 Å². The van der Waals surface area contributed by atoms with E-state index in [0.717, 1.165) is 22.8 Å². The number of rotatable bonds is 5. The van der Waals surface area contributed by atoms with E-state index in [9.17, 15) is 4.79 Å². The maximum absolute atomic E-state index is 13.1. The van der Waals surface area contributed by atoms with E-state index in [1.54, 1.807) is 17.9 Å². The van der Waals surface area contributed by atoms with Gasteiger partial charge in [-0.25, -0.2) is 4.98 Å². The Morgan fingerprint density at radius 3 is 2.46 bits per heavy atom. The number of ether oxygens (including phenoxy) is 1. The molecule has 0 saturated heterocycles. The lowest BCUT2D eigenvalue weighted by molar-refractivity contribution is 0.414. The van der Waals surface area contributed by atoms with Gasteiger partial charge in [0.15, 0.2) is 0 Å². The molecule has 0 aliphatic heterocycles. The lowest BCUT2D eigenvalue weighted by Gasteiger charge is -2.14. The molecule has 0 N–H and O–H groups in total. The molecule has 0 aliphatic rings. The number of hydrogen-bond donors (Lipinski definition) is 0. The smallest absolute Gasteiger partial charge is 0.276 e. The van der Waals surface area contributed by atoms with Crippen molar-refractivity contribution in [2.75, 3.05) is 7.11 Å². The summed E-state index contributed by atoms with van der Waals surface area (Å²) in [5.74, 6) is 1.77. The van der Waals surface area contributed by atoms with Crippen molar-refractivity contribution in [3.05, 3.63) is 100.0 Å². The summed E-state index contributed by atoms with van der Waals surface area (Å²) in [7, 11) is 1.64. The summed E-state index contributed by atoms with van der Waals surface area (Å²) in [4.78, 5) is 17.7. The molecule has 4 rings (SSSR count). The molecule has 2 heterocycles. The highest BCUT2D eigenvalue weighted by Crippen LogP contribution is 2.23. The zero-order valence-electron chi connectivity index (χ0n) is 16.3. The van der Waals surface area contributed by atoms with Gasteiger partial charge >= 0.3 is 0 Å². The highest BCUT2D eigenvalue weighted by Gasteiger charge is 2.17. The first-order chi connectivity index (χ1) is 13.6. The van der Waals surface area contributed by atoms with E-state index in [-0.39, 0.29) is 11.5 Å². The van der Waals surface area contributed by atoms with Gasteiger partial charge in [-0.3, -0.25) is 9.20 Å². The Hall–Kier alpha value is -3.34. The zero-order valence-corrected chi connectivity index (χ0v) is 16.3. The number of aryl methyl sites for hydroxylation is 1. The molecule has 0 fully saturated rings. The molecule has 0 aliphatic carbocycles. The lowest BCUT2D eigenvalue weighted by atomic mass is 10.0. The normalized spacial score (nSPS) is 12.2. The van der Waals surface area contributed by atoms with Crippen LogP contribution < -0.4 is 10.3 Å². The van der Waals surface area contributed by atoms with Crippen LogP contribution in [-0.4, -0.2) is 21.1 Å². The van der Waals surface area contributed by atoms with Gasteiger partial charge < -0.3 is 9.30 Å². The highest BCUT2D eigenvalue weighted by molar-refractivity contribution is 5.46. The van der Waals surface area contributed by atoms with Crippen molar-refractivity contribution in [2.24, 2.45) is 0 Å². The van der Waals surface area contributed by atoms with Crippen molar-refractivity contribution >= 4 is 5.52 Å². The van der Waals surface area contributed by atoms with Crippen LogP contribution in [0.2, 0.25) is 0 Å². The predicted octanol–water partition coefficient (Wildman–Crippen LogP) is 4.01. The average molecular weight is 373 g/mol. The molecule has 5 heteroatoms. The van der Waals surface area contributed by atoms with Crippen LogP contribution in [0, 0.1) is 6.92 Å². The molecular weight excluding hydrogens is 350 g/mol. The molecule has 2 aromatic heterocycles. The fraction of sp³-hybridized carbons (Fsp3) is 0.217. The van der Waals surface area contributed by atoms with Crippen LogP contribution in [0.5, 0.6) is 5.75 Å². The fourth-order valence-corrected chi connectivity index (χ4v) is 3.55. The summed E-state index contributed by atoms with van der Waals surface area (Å²) < 4.78 is 8.92. The first-order valence-corrected chi connectivity index (χ1v) is 9.33. The summed E-state index contributed by atoms with van der Waals surface area (Å²) in [6.07, 6.45) is 3.68. The quantitative estimate of drug-likeness (QED) is 0.531. The maximum atomic E-state index is 13.1. The van der Waals surface area contributed by atoms with Crippen molar-refractivity contribution in [1.29, 1.82) is 0 Å². The Morgan fingerprint density at radius 1 is 1.07 bits per heavy atom. The van der Waals surface area contributed by atoms with Crippen LogP contribution in [0.1, 0.15) is 35.5 Å². The molecule has 142 valence electrons. The Bertz CT molecular complexity index is 1160. The summed E-state index contributed by atoms with van der Waals surface area (Å²) in [5, 5.41) is 0. The standard InChI is InChI=1S/C23H23N3O2/c1-16-14-26-21(13-24-22(26)17(2)19-7-5-4-6-8-19)23(27)25(16)15-18-9-11-20(28-3)12-10-18/h4-14,17H,15H2,1-3H3. The third-order valence-corrected chi connectivity index (χ3v) is 5.22. The van der Waals surface area contributed by atoms with Gasteiger partial charge in [-0.15, -0.1) is 0 Å². The number of aromatic nitrogens is 3. The van der Waals surface area contributed by atoms with Gasteiger partial charge in [0, 0.05) is 17.8 Å². The highest BCUT2D eigenvalue weighted by atomic mass is 16.5. The Balaban J connectivity index is 1.74. The number of nitrogens with zero attached hydrogens (tertiary/aromatic N) is 3. The average Bonchev–Trinajstić information content (AvgIpc) is 3.15. The second-order valence-corrected chi connectivity index (χ2v) is 7.01. The number of benzene rings is 2. The second kappa shape index (κ2) is 7.35. The molecule has 0 amide bonds. The molecule has 28 heavy (non-hydrogen) atoms. The summed E-state index contributed by atoms with van der Waals surface area (Å²) in [6, 6.07) is 18.0. The van der Waals surface area contributed by atoms with E-state index in [2.05, 4.69) is 24.0 Å². The van der Waals surface area contributed by atoms with E-state index < -0.39 is 0 Å². The molecule has 5 nitrogen and oxygen atoms in total. The van der Waals surface area contributed by atoms with E-state index in [1.165, 1.54) is 5.56 Å². The van der Waals surface area contributed by atoms with Crippen LogP contribution in [0.3, 0.4) is 0 Å². The molecular formula is C23H23N3O2. The van der Waals surface area contributed by atoms with Crippen LogP contribution in [0.25, 0.3) is 5.52 Å². The monoisotopic (exact) mass is 373 g/mol. The van der Waals surface area contributed by atoms with Crippen LogP contribution in [0.15, 0.2) is 71.8 Å². The first-order valence-electron chi connectivity index (χ1n) is 9.33. The largest absolute Gasteiger partial charge is 0.497 e. The number of fused-ring (bicyclic) bond motifs is 1. The van der Waals surface area contributed by atoms with Crippen molar-refractivity contribution < 1.29 is 4.74 Å². The molecule has 1 atom stereocenters. The minimum absolute atomic E-state index is 0.0326. The predicted molar refractivity (Wildman–Crippen MR) is 110 cm³/mol. The first kappa shape index (κ1) is 18.0. The van der Waals surface area contributed by atoms with Crippen molar-refractivity contribution in [3.63, 3.8) is 0 Å². The van der Waals surface area contributed by atoms with E-state index in [4.69, 9.17) is 4.74 Å². The molecule has 4 aromatic rings. The molecule has 0 spiro atoms. The topological polar surface area (TPSA) is 48.5 Å². The Kier molecular flexibility index (Phi) is 4.74. The number of hydrogen-bond acceptors (Lipinski definition) is 3. The molecule has 0 bridgehead atoms. The van der Waals surface area contributed by atoms with Gasteiger partial charge in [0.2, 0.25) is 0 Å². The summed E-state index contributed by atoms with van der Waals surface area (Å²) >= 11 is 0. The third-order valence-electron chi connectivity index (χ3n) is 5.22. The van der Waals surface area contributed by atoms with Gasteiger partial charge in [0.1, 0.15) is 17.1 Å². The van der Waals surface area contributed by atoms with E-state index in [0.29, 0.717) is 12.1 Å². The van der Waals surface area contributed by atoms with Gasteiger partial charge in [-0.05, 0) is 30.2 Å². The second-order valence-electron chi connectivity index (χ2n) is 7.01. The van der Waals surface area contributed by atoms with Gasteiger partial charge in [-0.1, -0.05) is 49.4 Å².